The van der Waals surface area contributed by atoms with E-state index in [9.17, 15) is 21.6 Å². The van der Waals surface area contributed by atoms with E-state index in [0.29, 0.717) is 0 Å². The molecule has 0 amide bonds. The van der Waals surface area contributed by atoms with Crippen LogP contribution in [-0.2, 0) is 16.0 Å². The topological polar surface area (TPSA) is 43.4 Å². The molecule has 0 bridgehead atoms. The Labute approximate surface area is 102 Å². The van der Waals surface area contributed by atoms with Crippen LogP contribution in [-0.4, -0.2) is 21.8 Å². The van der Waals surface area contributed by atoms with Gasteiger partial charge in [0.15, 0.2) is 0 Å². The molecule has 1 aromatic carbocycles. The van der Waals surface area contributed by atoms with Crippen molar-refractivity contribution < 1.29 is 26.3 Å². The van der Waals surface area contributed by atoms with Gasteiger partial charge in [-0.2, -0.15) is 13.2 Å². The third-order valence-electron chi connectivity index (χ3n) is 1.89. The van der Waals surface area contributed by atoms with Gasteiger partial charge in [0.1, 0.15) is 5.75 Å². The van der Waals surface area contributed by atoms with Crippen molar-refractivity contribution in [1.29, 1.82) is 0 Å². The second-order valence-corrected chi connectivity index (χ2v) is 5.16. The fraction of sp³-hybridized carbons (Fsp3) is 0.273. The zero-order valence-corrected chi connectivity index (χ0v) is 10.3. The number of halogens is 3. The predicted molar refractivity (Wildman–Crippen MR) is 59.7 cm³/mol. The minimum atomic E-state index is -4.59. The molecule has 0 aliphatic rings. The van der Waals surface area contributed by atoms with Crippen LogP contribution in [0.15, 0.2) is 18.2 Å². The number of benzene rings is 1. The zero-order valence-electron chi connectivity index (χ0n) is 9.50. The molecule has 0 atom stereocenters. The Bertz CT molecular complexity index is 607. The molecule has 0 radical (unpaired) electrons. The molecule has 7 heteroatoms. The number of ether oxygens (including phenoxy) is 1. The van der Waals surface area contributed by atoms with Crippen LogP contribution in [0.1, 0.15) is 11.1 Å². The molecule has 0 fully saturated rings. The lowest BCUT2D eigenvalue weighted by Gasteiger charge is -2.11. The molecule has 1 rings (SSSR count). The zero-order chi connectivity index (χ0) is 14.0. The first kappa shape index (κ1) is 14.4. The highest BCUT2D eigenvalue weighted by molar-refractivity contribution is 7.95. The number of hydrogen-bond donors (Lipinski definition) is 0. The smallest absolute Gasteiger partial charge is 0.420 e. The number of methoxy groups -OCH3 is 1. The van der Waals surface area contributed by atoms with Crippen LogP contribution in [0.4, 0.5) is 13.2 Å². The Hall–Kier alpha value is -1.68. The van der Waals surface area contributed by atoms with Gasteiger partial charge in [0.25, 0.3) is 0 Å². The Morgan fingerprint density at radius 2 is 1.89 bits per heavy atom. The van der Waals surface area contributed by atoms with Crippen molar-refractivity contribution in [3.8, 4) is 16.9 Å². The molecule has 1 aromatic rings. The maximum absolute atomic E-state index is 12.6. The molecule has 98 valence electrons. The molecule has 0 saturated carbocycles. The summed E-state index contributed by atoms with van der Waals surface area (Å²) in [5.41, 5.74) is -1.04. The molecule has 0 heterocycles. The quantitative estimate of drug-likeness (QED) is 0.739. The molecule has 3 nitrogen and oxygen atoms in total. The molecular formula is C11H9F3O3S. The van der Waals surface area contributed by atoms with E-state index in [2.05, 4.69) is 10.7 Å². The average Bonchev–Trinajstić information content (AvgIpc) is 2.24. The van der Waals surface area contributed by atoms with Crippen molar-refractivity contribution in [2.45, 2.75) is 6.18 Å². The highest BCUT2D eigenvalue weighted by Crippen LogP contribution is 2.36. The third kappa shape index (κ3) is 3.96. The Morgan fingerprint density at radius 3 is 2.33 bits per heavy atom. The summed E-state index contributed by atoms with van der Waals surface area (Å²) in [6.45, 7) is 0. The van der Waals surface area contributed by atoms with Crippen molar-refractivity contribution in [3.63, 3.8) is 0 Å². The summed E-state index contributed by atoms with van der Waals surface area (Å²) in [6.07, 6.45) is -3.72. The Balaban J connectivity index is 3.31. The Morgan fingerprint density at radius 1 is 1.28 bits per heavy atom. The van der Waals surface area contributed by atoms with Gasteiger partial charge in [-0.15, -0.1) is 0 Å². The van der Waals surface area contributed by atoms with E-state index in [1.807, 2.05) is 5.25 Å². The monoisotopic (exact) mass is 278 g/mol. The molecule has 0 saturated heterocycles. The van der Waals surface area contributed by atoms with Gasteiger partial charge in [-0.3, -0.25) is 0 Å². The molecular weight excluding hydrogens is 269 g/mol. The van der Waals surface area contributed by atoms with E-state index in [0.717, 1.165) is 25.5 Å². The van der Waals surface area contributed by atoms with Crippen LogP contribution in [0.3, 0.4) is 0 Å². The summed E-state index contributed by atoms with van der Waals surface area (Å²) in [6, 6.07) is 3.10. The number of alkyl halides is 3. The second kappa shape index (κ2) is 4.90. The van der Waals surface area contributed by atoms with Crippen LogP contribution >= 0.6 is 0 Å². The van der Waals surface area contributed by atoms with E-state index in [1.165, 1.54) is 6.07 Å². The summed E-state index contributed by atoms with van der Waals surface area (Å²) in [5.74, 6) is 1.81. The van der Waals surface area contributed by atoms with Gasteiger partial charge in [-0.1, -0.05) is 5.92 Å². The summed E-state index contributed by atoms with van der Waals surface area (Å²) in [7, 11) is -2.44. The van der Waals surface area contributed by atoms with Crippen LogP contribution in [0.25, 0.3) is 0 Å². The lowest BCUT2D eigenvalue weighted by Crippen LogP contribution is -2.07. The van der Waals surface area contributed by atoms with Crippen molar-refractivity contribution in [1.82, 2.24) is 0 Å². The highest BCUT2D eigenvalue weighted by Gasteiger charge is 2.34. The Kier molecular flexibility index (Phi) is 3.92. The molecule has 0 N–H and O–H groups in total. The maximum atomic E-state index is 12.6. The van der Waals surface area contributed by atoms with E-state index >= 15 is 0 Å². The summed E-state index contributed by atoms with van der Waals surface area (Å²) >= 11 is 0. The largest absolute Gasteiger partial charge is 0.496 e. The van der Waals surface area contributed by atoms with E-state index < -0.39 is 21.6 Å². The van der Waals surface area contributed by atoms with Gasteiger partial charge in [-0.05, 0) is 18.2 Å². The van der Waals surface area contributed by atoms with Gasteiger partial charge >= 0.3 is 6.18 Å². The van der Waals surface area contributed by atoms with Gasteiger partial charge in [0.05, 0.1) is 18.9 Å². The van der Waals surface area contributed by atoms with Gasteiger partial charge in [0.2, 0.25) is 9.84 Å². The van der Waals surface area contributed by atoms with Crippen molar-refractivity contribution >= 4 is 9.84 Å². The third-order valence-corrected chi connectivity index (χ3v) is 2.36. The fourth-order valence-electron chi connectivity index (χ4n) is 1.16. The van der Waals surface area contributed by atoms with Gasteiger partial charge < -0.3 is 4.74 Å². The van der Waals surface area contributed by atoms with Crippen molar-refractivity contribution in [2.75, 3.05) is 13.4 Å². The molecule has 0 aromatic heterocycles. The SMILES string of the molecule is COc1ccc(C#CS(C)(=O)=O)cc1C(F)(F)F. The number of hydrogen-bond acceptors (Lipinski definition) is 3. The predicted octanol–water partition coefficient (Wildman–Crippen LogP) is 2.07. The average molecular weight is 278 g/mol. The summed E-state index contributed by atoms with van der Waals surface area (Å²) in [5, 5.41) is 1.87. The lowest BCUT2D eigenvalue weighted by molar-refractivity contribution is -0.138. The summed E-state index contributed by atoms with van der Waals surface area (Å²) in [4.78, 5) is 0. The molecule has 0 unspecified atom stereocenters. The van der Waals surface area contributed by atoms with E-state index in [1.54, 1.807) is 0 Å². The van der Waals surface area contributed by atoms with Crippen LogP contribution in [0, 0.1) is 11.2 Å². The van der Waals surface area contributed by atoms with E-state index in [4.69, 9.17) is 0 Å². The molecule has 0 aliphatic carbocycles. The summed E-state index contributed by atoms with van der Waals surface area (Å²) < 4.78 is 64.1. The van der Waals surface area contributed by atoms with Gasteiger partial charge in [-0.25, -0.2) is 8.42 Å². The van der Waals surface area contributed by atoms with Crippen LogP contribution in [0.2, 0.25) is 0 Å². The lowest BCUT2D eigenvalue weighted by atomic mass is 10.1. The fourth-order valence-corrected chi connectivity index (χ4v) is 1.46. The minimum Gasteiger partial charge on any atom is -0.496 e. The minimum absolute atomic E-state index is 0.0476. The second-order valence-electron chi connectivity index (χ2n) is 3.41. The number of rotatable bonds is 1. The van der Waals surface area contributed by atoms with Crippen LogP contribution < -0.4 is 4.74 Å². The van der Waals surface area contributed by atoms with Crippen LogP contribution in [0.5, 0.6) is 5.75 Å². The van der Waals surface area contributed by atoms with Gasteiger partial charge in [0, 0.05) is 10.8 Å². The van der Waals surface area contributed by atoms with Crippen molar-refractivity contribution in [2.24, 2.45) is 0 Å². The normalized spacial score (nSPS) is 11.6. The number of sulfone groups is 1. The van der Waals surface area contributed by atoms with E-state index in [-0.39, 0.29) is 11.3 Å². The highest BCUT2D eigenvalue weighted by atomic mass is 32.2. The van der Waals surface area contributed by atoms with Crippen molar-refractivity contribution in [3.05, 3.63) is 29.3 Å². The molecule has 18 heavy (non-hydrogen) atoms. The first-order valence-corrected chi connectivity index (χ1v) is 6.50. The maximum Gasteiger partial charge on any atom is 0.420 e. The standard InChI is InChI=1S/C11H9F3O3S/c1-17-10-4-3-8(5-6-18(2,15)16)7-9(10)11(12,13)14/h3-4,7H,1-2H3. The molecule has 0 aliphatic heterocycles. The molecule has 0 spiro atoms. The first-order valence-electron chi connectivity index (χ1n) is 4.61. The first-order chi connectivity index (χ1) is 8.13.